The van der Waals surface area contributed by atoms with E-state index in [4.69, 9.17) is 11.0 Å². The molecule has 1 fully saturated rings. The summed E-state index contributed by atoms with van der Waals surface area (Å²) in [4.78, 5) is 29.9. The van der Waals surface area contributed by atoms with Crippen LogP contribution in [0.3, 0.4) is 0 Å². The van der Waals surface area contributed by atoms with Gasteiger partial charge in [-0.05, 0) is 61.2 Å². The molecule has 1 saturated heterocycles. The number of anilines is 2. The summed E-state index contributed by atoms with van der Waals surface area (Å²) in [7, 11) is 0. The molecule has 0 radical (unpaired) electrons. The lowest BCUT2D eigenvalue weighted by Crippen LogP contribution is -2.46. The fourth-order valence-electron chi connectivity index (χ4n) is 4.09. The van der Waals surface area contributed by atoms with Crippen molar-refractivity contribution in [2.75, 3.05) is 17.2 Å². The summed E-state index contributed by atoms with van der Waals surface area (Å²) in [6, 6.07) is 14.6. The molecular weight excluding hydrogens is 418 g/mol. The molecular formula is C24H23N7O2. The van der Waals surface area contributed by atoms with Crippen LogP contribution in [-0.4, -0.2) is 40.5 Å². The van der Waals surface area contributed by atoms with Gasteiger partial charge in [0.1, 0.15) is 6.04 Å². The number of fused-ring (bicyclic) bond motifs is 1. The molecule has 2 heterocycles. The Morgan fingerprint density at radius 2 is 1.97 bits per heavy atom. The number of aromatic amines is 1. The number of carbonyl (C=O) groups excluding carboxylic acids is 2. The Bertz CT molecular complexity index is 1280. The standard InChI is InChI=1S/C24H23N7O2/c25-12-15-3-1-4-17(9-15)29-24(33)30-18-6-7-22-20(11-18)16(14-28-22)10-21(27)23(32)31-8-2-5-19(31)13-26/h1,3-4,6-7,9,11,14,19,21,28H,2,5,8,10,27H2,(H2,29,30,33)/t19-,21-/m0/s1. The summed E-state index contributed by atoms with van der Waals surface area (Å²) in [6.45, 7) is 0.555. The van der Waals surface area contributed by atoms with Crippen LogP contribution in [0.2, 0.25) is 0 Å². The predicted molar refractivity (Wildman–Crippen MR) is 124 cm³/mol. The van der Waals surface area contributed by atoms with Crippen LogP contribution in [-0.2, 0) is 11.2 Å². The summed E-state index contributed by atoms with van der Waals surface area (Å²) < 4.78 is 0. The fourth-order valence-corrected chi connectivity index (χ4v) is 4.09. The van der Waals surface area contributed by atoms with Gasteiger partial charge in [-0.25, -0.2) is 4.79 Å². The van der Waals surface area contributed by atoms with Crippen molar-refractivity contribution in [3.63, 3.8) is 0 Å². The van der Waals surface area contributed by atoms with Gasteiger partial charge < -0.3 is 26.3 Å². The summed E-state index contributed by atoms with van der Waals surface area (Å²) in [6.07, 6.45) is 3.60. The minimum Gasteiger partial charge on any atom is -0.361 e. The molecule has 1 aliphatic rings. The number of hydrogen-bond acceptors (Lipinski definition) is 5. The number of amides is 3. The maximum absolute atomic E-state index is 12.8. The number of H-pyrrole nitrogens is 1. The van der Waals surface area contributed by atoms with Crippen molar-refractivity contribution in [2.24, 2.45) is 5.73 Å². The minimum absolute atomic E-state index is 0.221. The number of rotatable bonds is 5. The zero-order chi connectivity index (χ0) is 23.4. The van der Waals surface area contributed by atoms with Crippen LogP contribution in [0, 0.1) is 22.7 Å². The van der Waals surface area contributed by atoms with Crippen LogP contribution in [0.5, 0.6) is 0 Å². The highest BCUT2D eigenvalue weighted by atomic mass is 16.2. The lowest BCUT2D eigenvalue weighted by atomic mass is 10.0. The van der Waals surface area contributed by atoms with E-state index in [2.05, 4.69) is 21.7 Å². The molecule has 0 bridgehead atoms. The van der Waals surface area contributed by atoms with Gasteiger partial charge in [0.2, 0.25) is 5.91 Å². The van der Waals surface area contributed by atoms with Crippen LogP contribution >= 0.6 is 0 Å². The number of nitrogens with two attached hydrogens (primary N) is 1. The molecule has 1 aromatic heterocycles. The molecule has 9 heteroatoms. The van der Waals surface area contributed by atoms with Crippen molar-refractivity contribution in [3.8, 4) is 12.1 Å². The van der Waals surface area contributed by atoms with E-state index in [9.17, 15) is 14.9 Å². The molecule has 3 amide bonds. The normalized spacial score (nSPS) is 16.1. The van der Waals surface area contributed by atoms with Crippen LogP contribution < -0.4 is 16.4 Å². The largest absolute Gasteiger partial charge is 0.361 e. The van der Waals surface area contributed by atoms with E-state index in [0.29, 0.717) is 36.3 Å². The van der Waals surface area contributed by atoms with Crippen LogP contribution in [0.15, 0.2) is 48.7 Å². The van der Waals surface area contributed by atoms with Gasteiger partial charge in [0, 0.05) is 35.0 Å². The first-order chi connectivity index (χ1) is 16.0. The average molecular weight is 441 g/mol. The number of hydrogen-bond donors (Lipinski definition) is 4. The molecule has 3 aromatic rings. The fraction of sp³-hybridized carbons (Fsp3) is 0.250. The number of likely N-dealkylation sites (tertiary alicyclic amines) is 1. The molecule has 5 N–H and O–H groups in total. The second-order valence-electron chi connectivity index (χ2n) is 7.98. The summed E-state index contributed by atoms with van der Waals surface area (Å²) in [5.41, 5.74) is 9.45. The lowest BCUT2D eigenvalue weighted by molar-refractivity contribution is -0.132. The molecule has 0 saturated carbocycles. The van der Waals surface area contributed by atoms with Crippen molar-refractivity contribution in [2.45, 2.75) is 31.3 Å². The highest BCUT2D eigenvalue weighted by Crippen LogP contribution is 2.25. The van der Waals surface area contributed by atoms with Gasteiger partial charge in [-0.2, -0.15) is 10.5 Å². The number of carbonyl (C=O) groups is 2. The highest BCUT2D eigenvalue weighted by Gasteiger charge is 2.31. The third-order valence-corrected chi connectivity index (χ3v) is 5.72. The van der Waals surface area contributed by atoms with E-state index in [0.717, 1.165) is 22.9 Å². The van der Waals surface area contributed by atoms with Gasteiger partial charge in [0.25, 0.3) is 0 Å². The highest BCUT2D eigenvalue weighted by molar-refractivity contribution is 6.01. The van der Waals surface area contributed by atoms with E-state index in [1.165, 1.54) is 0 Å². The molecule has 33 heavy (non-hydrogen) atoms. The van der Waals surface area contributed by atoms with E-state index in [1.54, 1.807) is 41.4 Å². The van der Waals surface area contributed by atoms with Crippen LogP contribution in [0.1, 0.15) is 24.0 Å². The van der Waals surface area contributed by atoms with Crippen molar-refractivity contribution in [1.29, 1.82) is 10.5 Å². The van der Waals surface area contributed by atoms with Gasteiger partial charge in [0.05, 0.1) is 23.7 Å². The van der Waals surface area contributed by atoms with E-state index >= 15 is 0 Å². The van der Waals surface area contributed by atoms with Crippen molar-refractivity contribution >= 4 is 34.2 Å². The first-order valence-corrected chi connectivity index (χ1v) is 10.6. The third kappa shape index (κ3) is 4.79. The summed E-state index contributed by atoms with van der Waals surface area (Å²) in [5.74, 6) is -0.221. The smallest absolute Gasteiger partial charge is 0.323 e. The first kappa shape index (κ1) is 21.9. The van der Waals surface area contributed by atoms with Crippen LogP contribution in [0.25, 0.3) is 10.9 Å². The Labute approximate surface area is 190 Å². The van der Waals surface area contributed by atoms with Gasteiger partial charge in [-0.1, -0.05) is 6.07 Å². The van der Waals surface area contributed by atoms with Crippen molar-refractivity contribution in [3.05, 3.63) is 59.8 Å². The lowest BCUT2D eigenvalue weighted by Gasteiger charge is -2.23. The molecule has 166 valence electrons. The zero-order valence-electron chi connectivity index (χ0n) is 17.8. The maximum Gasteiger partial charge on any atom is 0.323 e. The van der Waals surface area contributed by atoms with Gasteiger partial charge >= 0.3 is 6.03 Å². The molecule has 2 aromatic carbocycles. The topological polar surface area (TPSA) is 151 Å². The molecule has 4 rings (SSSR count). The number of nitriles is 2. The number of nitrogens with one attached hydrogen (secondary N) is 3. The Morgan fingerprint density at radius 3 is 2.73 bits per heavy atom. The Kier molecular flexibility index (Phi) is 6.25. The monoisotopic (exact) mass is 441 g/mol. The van der Waals surface area contributed by atoms with Gasteiger partial charge in [-0.15, -0.1) is 0 Å². The quantitative estimate of drug-likeness (QED) is 0.480. The second kappa shape index (κ2) is 9.43. The van der Waals surface area contributed by atoms with Crippen molar-refractivity contribution in [1.82, 2.24) is 9.88 Å². The zero-order valence-corrected chi connectivity index (χ0v) is 17.8. The number of urea groups is 1. The number of benzene rings is 2. The molecule has 0 unspecified atom stereocenters. The maximum atomic E-state index is 12.8. The van der Waals surface area contributed by atoms with Crippen molar-refractivity contribution < 1.29 is 9.59 Å². The second-order valence-corrected chi connectivity index (χ2v) is 7.98. The molecule has 0 spiro atoms. The van der Waals surface area contributed by atoms with E-state index in [-0.39, 0.29) is 5.91 Å². The Balaban J connectivity index is 1.46. The molecule has 9 nitrogen and oxygen atoms in total. The average Bonchev–Trinajstić information content (AvgIpc) is 3.45. The number of aromatic nitrogens is 1. The third-order valence-electron chi connectivity index (χ3n) is 5.72. The Morgan fingerprint density at radius 1 is 1.18 bits per heavy atom. The number of nitrogens with zero attached hydrogens (tertiary/aromatic N) is 3. The summed E-state index contributed by atoms with van der Waals surface area (Å²) in [5, 5.41) is 24.6. The minimum atomic E-state index is -0.759. The van der Waals surface area contributed by atoms with Gasteiger partial charge in [-0.3, -0.25) is 4.79 Å². The van der Waals surface area contributed by atoms with E-state index < -0.39 is 18.1 Å². The molecule has 1 aliphatic heterocycles. The van der Waals surface area contributed by atoms with E-state index in [1.807, 2.05) is 18.2 Å². The predicted octanol–water partition coefficient (Wildman–Crippen LogP) is 3.07. The van der Waals surface area contributed by atoms with Crippen LogP contribution in [0.4, 0.5) is 16.2 Å². The van der Waals surface area contributed by atoms with Gasteiger partial charge in [0.15, 0.2) is 0 Å². The molecule has 0 aliphatic carbocycles. The molecule has 2 atom stereocenters. The Hall–Kier alpha value is -4.34. The summed E-state index contributed by atoms with van der Waals surface area (Å²) >= 11 is 0. The SMILES string of the molecule is N#Cc1cccc(NC(=O)Nc2ccc3[nH]cc(C[C@H](N)C(=O)N4CCC[C@H]4C#N)c3c2)c1. The first-order valence-electron chi connectivity index (χ1n) is 10.6.